The van der Waals surface area contributed by atoms with Crippen molar-refractivity contribution >= 4 is 58.4 Å². The van der Waals surface area contributed by atoms with Crippen LogP contribution in [0.5, 0.6) is 0 Å². The second-order valence-electron chi connectivity index (χ2n) is 9.07. The maximum absolute atomic E-state index is 12.9. The van der Waals surface area contributed by atoms with Gasteiger partial charge in [0, 0.05) is 6.42 Å². The monoisotopic (exact) mass is 629 g/mol. The van der Waals surface area contributed by atoms with Gasteiger partial charge in [-0.3, -0.25) is 10.2 Å². The summed E-state index contributed by atoms with van der Waals surface area (Å²) in [6.07, 6.45) is -7.24. The molecule has 10 nitrogen and oxygen atoms in total. The fraction of sp³-hybridized carbons (Fsp3) is 0.429. The molecule has 1 fully saturated rings. The quantitative estimate of drug-likeness (QED) is 0.153. The molecule has 13 heteroatoms. The van der Waals surface area contributed by atoms with E-state index >= 15 is 0 Å². The third-order valence-electron chi connectivity index (χ3n) is 5.94. The minimum atomic E-state index is -2.30. The lowest BCUT2D eigenvalue weighted by Gasteiger charge is -2.44. The molecule has 0 amide bonds. The fourth-order valence-corrected chi connectivity index (χ4v) is 4.05. The van der Waals surface area contributed by atoms with Crippen molar-refractivity contribution in [3.63, 3.8) is 0 Å². The predicted molar refractivity (Wildman–Crippen MR) is 150 cm³/mol. The predicted octanol–water partition coefficient (Wildman–Crippen LogP) is 4.70. The van der Waals surface area contributed by atoms with Crippen LogP contribution in [-0.2, 0) is 56.0 Å². The zero-order chi connectivity index (χ0) is 30.0. The van der Waals surface area contributed by atoms with Crippen molar-refractivity contribution in [3.05, 3.63) is 71.8 Å². The molecule has 1 heterocycles. The number of Topliss-reactive ketones (excluding diaryl/α,β-unsaturated/α-hetero) is 1. The summed E-state index contributed by atoms with van der Waals surface area (Å²) < 4.78 is 32.1. The lowest BCUT2D eigenvalue weighted by Crippen LogP contribution is -2.63. The zero-order valence-electron chi connectivity index (χ0n) is 22.3. The van der Waals surface area contributed by atoms with Gasteiger partial charge in [-0.1, -0.05) is 95.5 Å². The summed E-state index contributed by atoms with van der Waals surface area (Å²) in [5, 5.41) is 8.08. The number of rotatable bonds is 12. The van der Waals surface area contributed by atoms with Gasteiger partial charge in [-0.15, -0.1) is 0 Å². The van der Waals surface area contributed by atoms with E-state index in [1.54, 1.807) is 0 Å². The van der Waals surface area contributed by atoms with Gasteiger partial charge in [0.05, 0.1) is 26.7 Å². The van der Waals surface area contributed by atoms with Crippen LogP contribution >= 0.6 is 34.8 Å². The van der Waals surface area contributed by atoms with Crippen molar-refractivity contribution in [1.82, 2.24) is 0 Å². The van der Waals surface area contributed by atoms with E-state index in [2.05, 4.69) is 0 Å². The summed E-state index contributed by atoms with van der Waals surface area (Å²) in [4.78, 5) is 37.2. The number of methoxy groups -OCH3 is 1. The van der Waals surface area contributed by atoms with Gasteiger partial charge in [-0.25, -0.2) is 4.79 Å². The van der Waals surface area contributed by atoms with Crippen LogP contribution < -0.4 is 0 Å². The number of ether oxygens (including phenoxy) is 6. The molecule has 3 rings (SSSR count). The Morgan fingerprint density at radius 2 is 1.37 bits per heavy atom. The minimum absolute atomic E-state index is 0.0146. The maximum atomic E-state index is 12.9. The average molecular weight is 631 g/mol. The van der Waals surface area contributed by atoms with Gasteiger partial charge in [-0.2, -0.15) is 0 Å². The number of esters is 2. The molecule has 2 aromatic rings. The Morgan fingerprint density at radius 1 is 0.829 bits per heavy atom. The third kappa shape index (κ3) is 9.95. The van der Waals surface area contributed by atoms with Crippen molar-refractivity contribution in [2.45, 2.75) is 67.5 Å². The molecule has 1 N–H and O–H groups in total. The first-order valence-corrected chi connectivity index (χ1v) is 13.7. The highest BCUT2D eigenvalue weighted by Crippen LogP contribution is 2.34. The highest BCUT2D eigenvalue weighted by Gasteiger charge is 2.54. The fourth-order valence-electron chi connectivity index (χ4n) is 3.91. The van der Waals surface area contributed by atoms with Gasteiger partial charge < -0.3 is 33.2 Å². The molecule has 5 atom stereocenters. The Hall–Kier alpha value is -2.73. The highest BCUT2D eigenvalue weighted by atomic mass is 35.6. The Morgan fingerprint density at radius 3 is 1.85 bits per heavy atom. The molecular formula is C28H30Cl3NO9. The van der Waals surface area contributed by atoms with Gasteiger partial charge in [0.1, 0.15) is 18.0 Å². The van der Waals surface area contributed by atoms with Crippen LogP contribution in [0.4, 0.5) is 0 Å². The lowest BCUT2D eigenvalue weighted by atomic mass is 9.97. The van der Waals surface area contributed by atoms with Crippen LogP contribution in [0.3, 0.4) is 0 Å². The van der Waals surface area contributed by atoms with E-state index in [-0.39, 0.29) is 31.8 Å². The molecule has 0 aromatic heterocycles. The largest absolute Gasteiger partial charge is 0.467 e. The van der Waals surface area contributed by atoms with Gasteiger partial charge in [0.25, 0.3) is 3.79 Å². The second-order valence-corrected chi connectivity index (χ2v) is 11.4. The molecule has 1 aliphatic rings. The van der Waals surface area contributed by atoms with Crippen LogP contribution in [0.2, 0.25) is 0 Å². The number of carbonyl (C=O) groups excluding carboxylic acids is 3. The molecule has 0 radical (unpaired) electrons. The summed E-state index contributed by atoms with van der Waals surface area (Å²) in [5.41, 5.74) is 1.55. The average Bonchev–Trinajstić information content (AvgIpc) is 2.95. The lowest BCUT2D eigenvalue weighted by molar-refractivity contribution is -0.297. The molecule has 41 heavy (non-hydrogen) atoms. The number of hydrogen-bond acceptors (Lipinski definition) is 10. The van der Waals surface area contributed by atoms with E-state index in [9.17, 15) is 14.4 Å². The van der Waals surface area contributed by atoms with Crippen molar-refractivity contribution < 1.29 is 42.8 Å². The number of nitrogens with one attached hydrogen (secondary N) is 1. The second kappa shape index (κ2) is 15.5. The van der Waals surface area contributed by atoms with Crippen LogP contribution in [0.15, 0.2) is 60.7 Å². The zero-order valence-corrected chi connectivity index (χ0v) is 24.6. The van der Waals surface area contributed by atoms with Crippen molar-refractivity contribution in [1.29, 1.82) is 5.41 Å². The standard InChI is InChI=1S/C28H30Cl3NO9/c1-17(33)13-14-20(34)39-24-22(38-16-19-11-7-4-8-12-19)21(37-15-18-9-5-3-6-10-18)23(25(35)36-2)40-26(24)41-27(32)28(29,30)31/h3-12,21-24,26,32H,13-16H2,1-2H3/t21-,22-,23+,24+,26-/m1/s1. The van der Waals surface area contributed by atoms with Crippen molar-refractivity contribution in [3.8, 4) is 0 Å². The number of benzene rings is 2. The maximum Gasteiger partial charge on any atom is 0.338 e. The number of carbonyl (C=O) groups is 3. The van der Waals surface area contributed by atoms with E-state index in [0.29, 0.717) is 0 Å². The molecule has 1 aliphatic heterocycles. The Bertz CT molecular complexity index is 1180. The van der Waals surface area contributed by atoms with E-state index in [1.165, 1.54) is 6.92 Å². The molecule has 0 bridgehead atoms. The van der Waals surface area contributed by atoms with Gasteiger partial charge in [-0.05, 0) is 18.1 Å². The SMILES string of the molecule is COC(=O)[C@H]1O[C@H](OC(=N)C(Cl)(Cl)Cl)[C@@H](OC(=O)CCC(C)=O)[C@H](OCc2ccccc2)[C@H]1OCc1ccccc1. The van der Waals surface area contributed by atoms with E-state index in [1.807, 2.05) is 60.7 Å². The van der Waals surface area contributed by atoms with Gasteiger partial charge in [0.15, 0.2) is 12.2 Å². The molecule has 0 spiro atoms. The van der Waals surface area contributed by atoms with Crippen LogP contribution in [-0.4, -0.2) is 65.2 Å². The summed E-state index contributed by atoms with van der Waals surface area (Å²) >= 11 is 17.5. The molecule has 222 valence electrons. The summed E-state index contributed by atoms with van der Waals surface area (Å²) in [5.74, 6) is -2.70. The molecule has 0 aliphatic carbocycles. The van der Waals surface area contributed by atoms with Crippen molar-refractivity contribution in [2.24, 2.45) is 0 Å². The Labute approximate surface area is 252 Å². The van der Waals surface area contributed by atoms with Gasteiger partial charge in [0.2, 0.25) is 12.2 Å². The number of alkyl halides is 3. The first-order valence-electron chi connectivity index (χ1n) is 12.5. The van der Waals surface area contributed by atoms with E-state index < -0.39 is 52.3 Å². The summed E-state index contributed by atoms with van der Waals surface area (Å²) in [6.45, 7) is 1.39. The van der Waals surface area contributed by atoms with Crippen LogP contribution in [0, 0.1) is 5.41 Å². The minimum Gasteiger partial charge on any atom is -0.467 e. The topological polar surface area (TPSA) is 130 Å². The molecule has 1 saturated heterocycles. The smallest absolute Gasteiger partial charge is 0.338 e. The molecule has 0 unspecified atom stereocenters. The molecule has 0 saturated carbocycles. The van der Waals surface area contributed by atoms with Gasteiger partial charge >= 0.3 is 11.9 Å². The van der Waals surface area contributed by atoms with Crippen molar-refractivity contribution in [2.75, 3.05) is 7.11 Å². The van der Waals surface area contributed by atoms with E-state index in [4.69, 9.17) is 68.6 Å². The number of hydrogen-bond donors (Lipinski definition) is 1. The number of ketones is 1. The summed E-state index contributed by atoms with van der Waals surface area (Å²) in [7, 11) is 1.16. The highest BCUT2D eigenvalue weighted by molar-refractivity contribution is 6.76. The molecular weight excluding hydrogens is 601 g/mol. The Balaban J connectivity index is 2.01. The third-order valence-corrected chi connectivity index (χ3v) is 6.45. The Kier molecular flexibility index (Phi) is 12.4. The first kappa shape index (κ1) is 32.8. The number of halogens is 3. The van der Waals surface area contributed by atoms with E-state index in [0.717, 1.165) is 18.2 Å². The normalized spacial score (nSPS) is 22.4. The van der Waals surface area contributed by atoms with Crippen LogP contribution in [0.1, 0.15) is 30.9 Å². The molecule has 2 aromatic carbocycles. The summed E-state index contributed by atoms with van der Waals surface area (Å²) in [6, 6.07) is 18.2. The van der Waals surface area contributed by atoms with Crippen LogP contribution in [0.25, 0.3) is 0 Å². The first-order chi connectivity index (χ1) is 19.5.